The number of nitrogens with one attached hydrogen (secondary N) is 2. The monoisotopic (exact) mass is 334 g/mol. The van der Waals surface area contributed by atoms with Crippen LogP contribution in [0.2, 0.25) is 0 Å². The SMILES string of the molecule is CC(C)(C)CN1CCC[C@@]2(CCN(Cc3cc(=O)[nH]c(=O)[nH]3)C2)C1. The maximum atomic E-state index is 11.5. The molecule has 3 heterocycles. The minimum absolute atomic E-state index is 0.323. The van der Waals surface area contributed by atoms with E-state index in [-0.39, 0.29) is 5.56 Å². The van der Waals surface area contributed by atoms with Crippen molar-refractivity contribution in [3.63, 3.8) is 0 Å². The molecule has 2 aliphatic rings. The summed E-state index contributed by atoms with van der Waals surface area (Å²) in [6, 6.07) is 1.50. The number of aromatic amines is 2. The molecule has 1 spiro atoms. The number of piperidine rings is 1. The van der Waals surface area contributed by atoms with E-state index in [9.17, 15) is 9.59 Å². The molecule has 2 N–H and O–H groups in total. The molecule has 0 aliphatic carbocycles. The Bertz CT molecular complexity index is 659. The van der Waals surface area contributed by atoms with E-state index in [1.54, 1.807) is 0 Å². The fourth-order valence-electron chi connectivity index (χ4n) is 4.46. The maximum absolute atomic E-state index is 11.5. The minimum Gasteiger partial charge on any atom is -0.310 e. The Balaban J connectivity index is 1.63. The summed E-state index contributed by atoms with van der Waals surface area (Å²) in [6.07, 6.45) is 3.77. The first-order valence-corrected chi connectivity index (χ1v) is 9.00. The number of likely N-dealkylation sites (tertiary alicyclic amines) is 2. The van der Waals surface area contributed by atoms with Crippen LogP contribution in [0.25, 0.3) is 0 Å². The number of hydrogen-bond donors (Lipinski definition) is 2. The Morgan fingerprint density at radius 2 is 1.83 bits per heavy atom. The summed E-state index contributed by atoms with van der Waals surface area (Å²) in [5.74, 6) is 0. The molecule has 0 radical (unpaired) electrons. The first kappa shape index (κ1) is 17.4. The van der Waals surface area contributed by atoms with Crippen LogP contribution < -0.4 is 11.2 Å². The zero-order valence-corrected chi connectivity index (χ0v) is 15.2. The van der Waals surface area contributed by atoms with E-state index >= 15 is 0 Å². The van der Waals surface area contributed by atoms with E-state index in [0.29, 0.717) is 23.1 Å². The Morgan fingerprint density at radius 3 is 2.54 bits per heavy atom. The summed E-state index contributed by atoms with van der Waals surface area (Å²) in [7, 11) is 0. The average molecular weight is 334 g/mol. The van der Waals surface area contributed by atoms with Crippen LogP contribution >= 0.6 is 0 Å². The van der Waals surface area contributed by atoms with Crippen molar-refractivity contribution in [2.75, 3.05) is 32.7 Å². The second kappa shape index (κ2) is 6.48. The molecular weight excluding hydrogens is 304 g/mol. The molecule has 0 amide bonds. The molecule has 2 saturated heterocycles. The molecule has 2 aliphatic heterocycles. The summed E-state index contributed by atoms with van der Waals surface area (Å²) in [5, 5.41) is 0. The molecule has 0 unspecified atom stereocenters. The number of H-pyrrole nitrogens is 2. The fraction of sp³-hybridized carbons (Fsp3) is 0.778. The molecule has 1 atom stereocenters. The van der Waals surface area contributed by atoms with Gasteiger partial charge in [-0.2, -0.15) is 0 Å². The van der Waals surface area contributed by atoms with E-state index < -0.39 is 5.69 Å². The molecular formula is C18H30N4O2. The molecule has 0 aromatic carbocycles. The standard InChI is InChI=1S/C18H30N4O2/c1-17(2,3)11-22-7-4-5-18(13-22)6-8-21(12-18)10-14-9-15(23)20-16(24)19-14/h9H,4-8,10-13H2,1-3H3,(H2,19,20,23,24)/t18-/m0/s1. The van der Waals surface area contributed by atoms with Gasteiger partial charge in [-0.3, -0.25) is 14.7 Å². The van der Waals surface area contributed by atoms with Gasteiger partial charge in [0.25, 0.3) is 5.56 Å². The van der Waals surface area contributed by atoms with Crippen LogP contribution in [0.3, 0.4) is 0 Å². The van der Waals surface area contributed by atoms with Crippen LogP contribution in [0.1, 0.15) is 45.7 Å². The Labute approximate surface area is 143 Å². The Hall–Kier alpha value is -1.40. The van der Waals surface area contributed by atoms with Gasteiger partial charge in [0.2, 0.25) is 0 Å². The molecule has 1 aromatic heterocycles. The van der Waals surface area contributed by atoms with Crippen LogP contribution in [0.4, 0.5) is 0 Å². The van der Waals surface area contributed by atoms with Crippen LogP contribution in [0.5, 0.6) is 0 Å². The second-order valence-corrected chi connectivity index (χ2v) is 8.95. The van der Waals surface area contributed by atoms with E-state index in [2.05, 4.69) is 40.5 Å². The van der Waals surface area contributed by atoms with Gasteiger partial charge >= 0.3 is 5.69 Å². The topological polar surface area (TPSA) is 72.2 Å². The van der Waals surface area contributed by atoms with Gasteiger partial charge in [0, 0.05) is 37.9 Å². The smallest absolute Gasteiger partial charge is 0.310 e. The molecule has 24 heavy (non-hydrogen) atoms. The summed E-state index contributed by atoms with van der Waals surface area (Å²) in [4.78, 5) is 32.9. The highest BCUT2D eigenvalue weighted by molar-refractivity contribution is 5.02. The van der Waals surface area contributed by atoms with Crippen molar-refractivity contribution in [1.29, 1.82) is 0 Å². The van der Waals surface area contributed by atoms with Crippen molar-refractivity contribution in [3.8, 4) is 0 Å². The van der Waals surface area contributed by atoms with Crippen molar-refractivity contribution < 1.29 is 0 Å². The van der Waals surface area contributed by atoms with Gasteiger partial charge in [0.1, 0.15) is 0 Å². The summed E-state index contributed by atoms with van der Waals surface area (Å²) < 4.78 is 0. The molecule has 0 bridgehead atoms. The highest BCUT2D eigenvalue weighted by atomic mass is 16.2. The Morgan fingerprint density at radius 1 is 1.08 bits per heavy atom. The van der Waals surface area contributed by atoms with Crippen molar-refractivity contribution in [2.24, 2.45) is 10.8 Å². The highest BCUT2D eigenvalue weighted by Gasteiger charge is 2.41. The predicted molar refractivity (Wildman–Crippen MR) is 95.1 cm³/mol. The molecule has 1 aromatic rings. The second-order valence-electron chi connectivity index (χ2n) is 8.95. The summed E-state index contributed by atoms with van der Waals surface area (Å²) in [6.45, 7) is 13.2. The minimum atomic E-state index is -0.416. The molecule has 134 valence electrons. The Kier molecular flexibility index (Phi) is 4.71. The van der Waals surface area contributed by atoms with Gasteiger partial charge < -0.3 is 9.88 Å². The lowest BCUT2D eigenvalue weighted by Gasteiger charge is -2.42. The van der Waals surface area contributed by atoms with Crippen LogP contribution in [0.15, 0.2) is 15.7 Å². The zero-order chi connectivity index (χ0) is 17.4. The van der Waals surface area contributed by atoms with Gasteiger partial charge in [-0.05, 0) is 43.2 Å². The van der Waals surface area contributed by atoms with Crippen molar-refractivity contribution in [1.82, 2.24) is 19.8 Å². The van der Waals surface area contributed by atoms with E-state index in [1.165, 1.54) is 38.4 Å². The molecule has 0 saturated carbocycles. The number of nitrogens with zero attached hydrogens (tertiary/aromatic N) is 2. The average Bonchev–Trinajstić information content (AvgIpc) is 2.78. The normalized spacial score (nSPS) is 26.3. The maximum Gasteiger partial charge on any atom is 0.325 e. The lowest BCUT2D eigenvalue weighted by molar-refractivity contribution is 0.0671. The van der Waals surface area contributed by atoms with Gasteiger partial charge in [-0.25, -0.2) is 4.79 Å². The van der Waals surface area contributed by atoms with Crippen LogP contribution in [0, 0.1) is 10.8 Å². The quantitative estimate of drug-likeness (QED) is 0.876. The highest BCUT2D eigenvalue weighted by Crippen LogP contribution is 2.39. The van der Waals surface area contributed by atoms with Crippen molar-refractivity contribution in [2.45, 2.75) is 46.6 Å². The molecule has 2 fully saturated rings. The third-order valence-electron chi connectivity index (χ3n) is 5.17. The predicted octanol–water partition coefficient (Wildman–Crippen LogP) is 1.40. The van der Waals surface area contributed by atoms with Gasteiger partial charge in [-0.15, -0.1) is 0 Å². The molecule has 6 nitrogen and oxygen atoms in total. The third-order valence-corrected chi connectivity index (χ3v) is 5.17. The van der Waals surface area contributed by atoms with Gasteiger partial charge in [0.15, 0.2) is 0 Å². The van der Waals surface area contributed by atoms with Gasteiger partial charge in [-0.1, -0.05) is 20.8 Å². The fourth-order valence-corrected chi connectivity index (χ4v) is 4.46. The first-order chi connectivity index (χ1) is 11.2. The summed E-state index contributed by atoms with van der Waals surface area (Å²) in [5.41, 5.74) is 0.687. The lowest BCUT2D eigenvalue weighted by Crippen LogP contribution is -2.47. The van der Waals surface area contributed by atoms with E-state index in [4.69, 9.17) is 0 Å². The van der Waals surface area contributed by atoms with Crippen molar-refractivity contribution >= 4 is 0 Å². The summed E-state index contributed by atoms with van der Waals surface area (Å²) >= 11 is 0. The van der Waals surface area contributed by atoms with E-state index in [0.717, 1.165) is 19.6 Å². The third kappa shape index (κ3) is 4.36. The first-order valence-electron chi connectivity index (χ1n) is 9.00. The molecule has 3 rings (SSSR count). The van der Waals surface area contributed by atoms with Crippen molar-refractivity contribution in [3.05, 3.63) is 32.6 Å². The van der Waals surface area contributed by atoms with Gasteiger partial charge in [0.05, 0.1) is 0 Å². The number of hydrogen-bond acceptors (Lipinski definition) is 4. The largest absolute Gasteiger partial charge is 0.325 e. The van der Waals surface area contributed by atoms with Crippen LogP contribution in [-0.2, 0) is 6.54 Å². The number of aromatic nitrogens is 2. The zero-order valence-electron chi connectivity index (χ0n) is 15.2. The molecule has 6 heteroatoms. The lowest BCUT2D eigenvalue weighted by atomic mass is 9.78. The van der Waals surface area contributed by atoms with Crippen LogP contribution in [-0.4, -0.2) is 52.5 Å². The van der Waals surface area contributed by atoms with E-state index in [1.807, 2.05) is 0 Å². The number of rotatable bonds is 3.